The van der Waals surface area contributed by atoms with Crippen molar-refractivity contribution in [3.8, 4) is 11.8 Å². The maximum atomic E-state index is 12.2. The van der Waals surface area contributed by atoms with Crippen LogP contribution in [0.15, 0.2) is 23.5 Å². The Morgan fingerprint density at radius 1 is 1.13 bits per heavy atom. The Bertz CT molecular complexity index is 838. The van der Waals surface area contributed by atoms with Crippen LogP contribution in [0.4, 0.5) is 5.69 Å². The first kappa shape index (κ1) is 26.6. The van der Waals surface area contributed by atoms with Gasteiger partial charge in [-0.1, -0.05) is 20.3 Å². The number of rotatable bonds is 5. The van der Waals surface area contributed by atoms with Crippen molar-refractivity contribution in [2.75, 3.05) is 40.1 Å². The highest BCUT2D eigenvalue weighted by Crippen LogP contribution is 2.31. The molecule has 0 saturated heterocycles. The van der Waals surface area contributed by atoms with Crippen molar-refractivity contribution in [1.82, 2.24) is 15.1 Å². The molecule has 0 saturated carbocycles. The molecule has 1 aromatic rings. The molecule has 3 N–H and O–H groups in total. The molecule has 2 amide bonds. The Morgan fingerprint density at radius 3 is 2.07 bits per heavy atom. The Kier molecular flexibility index (Phi) is 11.5. The molecule has 164 valence electrons. The maximum Gasteiger partial charge on any atom is 0.279 e. The van der Waals surface area contributed by atoms with Crippen molar-refractivity contribution in [2.24, 2.45) is 0 Å². The van der Waals surface area contributed by atoms with E-state index in [1.54, 1.807) is 6.92 Å². The van der Waals surface area contributed by atoms with Gasteiger partial charge in [-0.2, -0.15) is 5.26 Å². The number of carbonyl (C=O) groups excluding carboxylic acids is 3. The third-order valence-electron chi connectivity index (χ3n) is 3.30. The zero-order valence-electron chi connectivity index (χ0n) is 18.7. The van der Waals surface area contributed by atoms with Gasteiger partial charge < -0.3 is 20.6 Å². The molecule has 0 aromatic heterocycles. The lowest BCUT2D eigenvalue weighted by Gasteiger charge is -2.12. The van der Waals surface area contributed by atoms with Crippen molar-refractivity contribution >= 4 is 23.8 Å². The lowest BCUT2D eigenvalue weighted by Crippen LogP contribution is -2.29. The van der Waals surface area contributed by atoms with E-state index in [1.807, 2.05) is 32.1 Å². The largest absolute Gasteiger partial charge is 0.505 e. The normalized spacial score (nSPS) is 12.6. The predicted molar refractivity (Wildman–Crippen MR) is 116 cm³/mol. The number of hydrogen-bond donors (Lipinski definition) is 3. The first-order valence-electron chi connectivity index (χ1n) is 9.50. The maximum absolute atomic E-state index is 12.2. The Balaban J connectivity index is 0.00000105. The highest BCUT2D eigenvalue weighted by atomic mass is 16.3. The average molecular weight is 418 g/mol. The van der Waals surface area contributed by atoms with Crippen LogP contribution in [0.5, 0.6) is 5.75 Å². The molecule has 0 radical (unpaired) electrons. The monoisotopic (exact) mass is 417 g/mol. The number of nitriles is 1. The molecule has 0 unspecified atom stereocenters. The first-order valence-corrected chi connectivity index (χ1v) is 9.50. The third-order valence-corrected chi connectivity index (χ3v) is 3.30. The van der Waals surface area contributed by atoms with Crippen LogP contribution in [0.3, 0.4) is 0 Å². The quantitative estimate of drug-likeness (QED) is 0.377. The molecule has 1 aliphatic heterocycles. The Morgan fingerprint density at radius 2 is 1.63 bits per heavy atom. The van der Waals surface area contributed by atoms with E-state index in [0.717, 1.165) is 4.90 Å². The Hall–Kier alpha value is -3.38. The number of anilines is 1. The minimum atomic E-state index is -0.583. The van der Waals surface area contributed by atoms with Crippen molar-refractivity contribution in [3.05, 3.63) is 34.7 Å². The molecule has 9 nitrogen and oxygen atoms in total. The van der Waals surface area contributed by atoms with Crippen molar-refractivity contribution in [1.29, 1.82) is 5.26 Å². The van der Waals surface area contributed by atoms with E-state index < -0.39 is 17.6 Å². The molecule has 1 heterocycles. The van der Waals surface area contributed by atoms with Gasteiger partial charge in [0.1, 0.15) is 17.1 Å². The second-order valence-electron chi connectivity index (χ2n) is 6.81. The van der Waals surface area contributed by atoms with Crippen molar-refractivity contribution in [2.45, 2.75) is 27.2 Å². The van der Waals surface area contributed by atoms with Gasteiger partial charge in [0, 0.05) is 13.6 Å². The van der Waals surface area contributed by atoms with Gasteiger partial charge in [-0.3, -0.25) is 19.3 Å². The number of amides is 2. The molecule has 1 aliphatic rings. The summed E-state index contributed by atoms with van der Waals surface area (Å²) in [5.41, 5.74) is 0.0365. The zero-order chi connectivity index (χ0) is 23.4. The molecule has 0 spiro atoms. The minimum Gasteiger partial charge on any atom is -0.505 e. The smallest absolute Gasteiger partial charge is 0.279 e. The molecule has 2 rings (SSSR count). The number of carbonyl (C=O) groups is 3. The highest BCUT2D eigenvalue weighted by molar-refractivity contribution is 6.20. The van der Waals surface area contributed by atoms with Gasteiger partial charge in [0.05, 0.1) is 22.9 Å². The van der Waals surface area contributed by atoms with Gasteiger partial charge in [-0.05, 0) is 40.2 Å². The molecular weight excluding hydrogens is 386 g/mol. The standard InChI is InChI=1S/C15H14N4O4.C3H9N.C3H8/c1-3-17-11-12(15(23)19(2)14(11)22)18-10-5-8(6-16)4-9(7-20)13(10)21;1-4(2)3;1-3-2/h4-5,7,17-18,21H,3H2,1-2H3;1-3H3;3H2,1-2H3. The van der Waals surface area contributed by atoms with Crippen LogP contribution in [0, 0.1) is 11.3 Å². The van der Waals surface area contributed by atoms with Crippen LogP contribution in [0.2, 0.25) is 0 Å². The second-order valence-corrected chi connectivity index (χ2v) is 6.81. The molecule has 0 bridgehead atoms. The third kappa shape index (κ3) is 7.22. The number of nitrogens with one attached hydrogen (secondary N) is 2. The number of phenolic OH excluding ortho intramolecular Hbond substituents is 1. The number of phenols is 1. The molecule has 30 heavy (non-hydrogen) atoms. The highest BCUT2D eigenvalue weighted by Gasteiger charge is 2.36. The summed E-state index contributed by atoms with van der Waals surface area (Å²) in [5.74, 6) is -1.50. The van der Waals surface area contributed by atoms with Gasteiger partial charge in [-0.15, -0.1) is 0 Å². The summed E-state index contributed by atoms with van der Waals surface area (Å²) in [6, 6.07) is 4.37. The fraction of sp³-hybridized carbons (Fsp3) is 0.429. The van der Waals surface area contributed by atoms with Gasteiger partial charge in [-0.25, -0.2) is 0 Å². The lowest BCUT2D eigenvalue weighted by molar-refractivity contribution is -0.136. The molecule has 0 fully saturated rings. The fourth-order valence-corrected chi connectivity index (χ4v) is 2.14. The fourth-order valence-electron chi connectivity index (χ4n) is 2.14. The van der Waals surface area contributed by atoms with Gasteiger partial charge in [0.15, 0.2) is 6.29 Å². The summed E-state index contributed by atoms with van der Waals surface area (Å²) in [5, 5.41) is 24.5. The summed E-state index contributed by atoms with van der Waals surface area (Å²) in [4.78, 5) is 38.1. The van der Waals surface area contributed by atoms with Crippen LogP contribution >= 0.6 is 0 Å². The summed E-state index contributed by atoms with van der Waals surface area (Å²) in [6.07, 6.45) is 1.65. The van der Waals surface area contributed by atoms with Gasteiger partial charge in [0.2, 0.25) is 0 Å². The van der Waals surface area contributed by atoms with E-state index in [2.05, 4.69) is 24.5 Å². The topological polar surface area (TPSA) is 126 Å². The van der Waals surface area contributed by atoms with E-state index in [4.69, 9.17) is 5.26 Å². The number of aldehydes is 1. The number of aromatic hydroxyl groups is 1. The van der Waals surface area contributed by atoms with Crippen LogP contribution in [0.1, 0.15) is 43.1 Å². The summed E-state index contributed by atoms with van der Waals surface area (Å²) in [7, 11) is 7.33. The molecule has 9 heteroatoms. The predicted octanol–water partition coefficient (Wildman–Crippen LogP) is 1.90. The van der Waals surface area contributed by atoms with Crippen LogP contribution in [0.25, 0.3) is 0 Å². The average Bonchev–Trinajstić information content (AvgIpc) is 2.88. The van der Waals surface area contributed by atoms with Crippen molar-refractivity contribution < 1.29 is 19.5 Å². The van der Waals surface area contributed by atoms with E-state index >= 15 is 0 Å². The summed E-state index contributed by atoms with van der Waals surface area (Å²) in [6.45, 7) is 6.43. The first-order chi connectivity index (χ1) is 14.1. The van der Waals surface area contributed by atoms with Crippen LogP contribution in [-0.2, 0) is 9.59 Å². The van der Waals surface area contributed by atoms with E-state index in [0.29, 0.717) is 12.8 Å². The van der Waals surface area contributed by atoms with Crippen LogP contribution < -0.4 is 10.6 Å². The molecular formula is C21H31N5O4. The van der Waals surface area contributed by atoms with Gasteiger partial charge in [0.25, 0.3) is 11.8 Å². The van der Waals surface area contributed by atoms with Gasteiger partial charge >= 0.3 is 0 Å². The van der Waals surface area contributed by atoms with Crippen molar-refractivity contribution in [3.63, 3.8) is 0 Å². The second kappa shape index (κ2) is 13.0. The lowest BCUT2D eigenvalue weighted by atomic mass is 10.1. The summed E-state index contributed by atoms with van der Waals surface area (Å²) >= 11 is 0. The zero-order valence-corrected chi connectivity index (χ0v) is 18.7. The van der Waals surface area contributed by atoms with E-state index in [-0.39, 0.29) is 28.2 Å². The number of benzene rings is 1. The van der Waals surface area contributed by atoms with Crippen LogP contribution in [-0.4, -0.2) is 67.7 Å². The van der Waals surface area contributed by atoms with E-state index in [1.165, 1.54) is 25.6 Å². The number of imide groups is 1. The number of hydrogen-bond acceptors (Lipinski definition) is 8. The SMILES string of the molecule is CCC.CCNC1=C(Nc2cc(C#N)cc(C=O)c2O)C(=O)N(C)C1=O.CN(C)C. The number of likely N-dealkylation sites (N-methyl/N-ethyl adjacent to an activating group) is 2. The number of nitrogens with zero attached hydrogens (tertiary/aromatic N) is 3. The summed E-state index contributed by atoms with van der Waals surface area (Å²) < 4.78 is 0. The molecule has 0 aliphatic carbocycles. The van der Waals surface area contributed by atoms with E-state index in [9.17, 15) is 19.5 Å². The Labute approximate surface area is 178 Å². The molecule has 0 atom stereocenters. The molecule has 1 aromatic carbocycles. The minimum absolute atomic E-state index is 0.00648.